The van der Waals surface area contributed by atoms with Gasteiger partial charge in [-0.3, -0.25) is 14.5 Å². The molecule has 2 amide bonds. The Morgan fingerprint density at radius 3 is 2.40 bits per heavy atom. The molecule has 2 saturated heterocycles. The topological polar surface area (TPSA) is 79.0 Å². The molecule has 2 aliphatic heterocycles. The zero-order chi connectivity index (χ0) is 25.4. The predicted molar refractivity (Wildman–Crippen MR) is 135 cm³/mol. The van der Waals surface area contributed by atoms with Crippen LogP contribution in [0, 0.1) is 11.3 Å². The van der Waals surface area contributed by atoms with E-state index in [1.807, 2.05) is 49.9 Å². The first kappa shape index (κ1) is 26.0. The summed E-state index contributed by atoms with van der Waals surface area (Å²) in [5.41, 5.74) is -0.310. The second kappa shape index (κ2) is 10.1. The minimum atomic E-state index is -1.07. The van der Waals surface area contributed by atoms with E-state index in [9.17, 15) is 14.4 Å². The fourth-order valence-corrected chi connectivity index (χ4v) is 5.67. The third-order valence-corrected chi connectivity index (χ3v) is 8.69. The van der Waals surface area contributed by atoms with Crippen molar-refractivity contribution in [1.29, 1.82) is 0 Å². The first-order valence-corrected chi connectivity index (χ1v) is 13.2. The monoisotopic (exact) mass is 503 g/mol. The van der Waals surface area contributed by atoms with Gasteiger partial charge in [0.1, 0.15) is 11.6 Å². The summed E-state index contributed by atoms with van der Waals surface area (Å²) in [6.07, 6.45) is 3.11. The van der Waals surface area contributed by atoms with Gasteiger partial charge in [-0.2, -0.15) is 0 Å². The molecular formula is C27H38ClN3O4. The summed E-state index contributed by atoms with van der Waals surface area (Å²) in [4.78, 5) is 43.8. The van der Waals surface area contributed by atoms with E-state index in [4.69, 9.17) is 16.3 Å². The molecular weight excluding hydrogens is 466 g/mol. The molecule has 0 aromatic heterocycles. The second-order valence-electron chi connectivity index (χ2n) is 10.8. The maximum Gasteiger partial charge on any atom is 0.410 e. The average Bonchev–Trinajstić information content (AvgIpc) is 3.46. The summed E-state index contributed by atoms with van der Waals surface area (Å²) in [7, 11) is 1.69. The number of nitrogens with zero attached hydrogens (tertiary/aromatic N) is 2. The molecule has 35 heavy (non-hydrogen) atoms. The van der Waals surface area contributed by atoms with Gasteiger partial charge in [-0.05, 0) is 56.7 Å². The first-order chi connectivity index (χ1) is 16.6. The average molecular weight is 504 g/mol. The Balaban J connectivity index is 1.60. The van der Waals surface area contributed by atoms with Crippen LogP contribution in [-0.4, -0.2) is 72.5 Å². The molecule has 0 bridgehead atoms. The Morgan fingerprint density at radius 2 is 1.83 bits per heavy atom. The van der Waals surface area contributed by atoms with Gasteiger partial charge in [-0.25, -0.2) is 4.79 Å². The molecule has 1 aromatic rings. The van der Waals surface area contributed by atoms with Gasteiger partial charge in [0.25, 0.3) is 0 Å². The van der Waals surface area contributed by atoms with E-state index in [0.717, 1.165) is 18.4 Å². The predicted octanol–water partition coefficient (Wildman–Crippen LogP) is 4.24. The minimum Gasteiger partial charge on any atom is -0.446 e. The number of amides is 2. The van der Waals surface area contributed by atoms with Crippen LogP contribution >= 0.6 is 11.6 Å². The van der Waals surface area contributed by atoms with Crippen molar-refractivity contribution in [2.24, 2.45) is 11.3 Å². The molecule has 1 aromatic carbocycles. The Labute approximate surface area is 213 Å². The van der Waals surface area contributed by atoms with Crippen LogP contribution in [0.2, 0.25) is 5.02 Å². The number of carbonyl (C=O) groups is 3. The van der Waals surface area contributed by atoms with Crippen LogP contribution in [0.25, 0.3) is 0 Å². The fourth-order valence-electron chi connectivity index (χ4n) is 5.54. The third-order valence-electron chi connectivity index (χ3n) is 8.44. The highest BCUT2D eigenvalue weighted by Crippen LogP contribution is 2.47. The number of likely N-dealkylation sites (tertiary alicyclic amines) is 1. The van der Waals surface area contributed by atoms with Crippen molar-refractivity contribution in [2.75, 3.05) is 33.2 Å². The summed E-state index contributed by atoms with van der Waals surface area (Å²) in [5.74, 6) is -0.184. The number of ketones is 1. The van der Waals surface area contributed by atoms with Gasteiger partial charge < -0.3 is 15.0 Å². The van der Waals surface area contributed by atoms with Gasteiger partial charge in [0.15, 0.2) is 5.78 Å². The van der Waals surface area contributed by atoms with Crippen LogP contribution in [0.3, 0.4) is 0 Å². The molecule has 0 radical (unpaired) electrons. The van der Waals surface area contributed by atoms with Gasteiger partial charge in [0, 0.05) is 55.5 Å². The van der Waals surface area contributed by atoms with Crippen molar-refractivity contribution in [3.63, 3.8) is 0 Å². The molecule has 1 saturated carbocycles. The zero-order valence-electron chi connectivity index (χ0n) is 21.3. The summed E-state index contributed by atoms with van der Waals surface area (Å²) >= 11 is 6.14. The van der Waals surface area contributed by atoms with Gasteiger partial charge in [0.2, 0.25) is 5.91 Å². The minimum absolute atomic E-state index is 0.0517. The molecule has 2 heterocycles. The smallest absolute Gasteiger partial charge is 0.410 e. The number of carbonyl (C=O) groups excluding carboxylic acids is 3. The van der Waals surface area contributed by atoms with E-state index in [2.05, 4.69) is 5.32 Å². The number of benzene rings is 1. The number of nitrogens with one attached hydrogen (secondary N) is 1. The van der Waals surface area contributed by atoms with E-state index in [1.54, 1.807) is 7.05 Å². The van der Waals surface area contributed by atoms with Crippen molar-refractivity contribution in [1.82, 2.24) is 15.1 Å². The van der Waals surface area contributed by atoms with Crippen LogP contribution in [0.5, 0.6) is 0 Å². The van der Waals surface area contributed by atoms with Crippen LogP contribution in [0.4, 0.5) is 4.79 Å². The van der Waals surface area contributed by atoms with Crippen molar-refractivity contribution < 1.29 is 19.1 Å². The Hall–Kier alpha value is -2.12. The maximum atomic E-state index is 14.3. The largest absolute Gasteiger partial charge is 0.446 e. The molecule has 0 spiro atoms. The van der Waals surface area contributed by atoms with Crippen molar-refractivity contribution in [3.8, 4) is 0 Å². The van der Waals surface area contributed by atoms with Crippen molar-refractivity contribution in [2.45, 2.75) is 70.4 Å². The number of hydrogen-bond acceptors (Lipinski definition) is 5. The number of ether oxygens (including phenoxy) is 1. The number of halogens is 1. The Morgan fingerprint density at radius 1 is 1.20 bits per heavy atom. The SMILES string of the molecule is CCC(C)OC(=O)N(C)[C@]1(C(=O)C2CCN(C(=O)C3(C)CC3)CC2)CNC[C@H]1c1ccc(Cl)cc1. The zero-order valence-corrected chi connectivity index (χ0v) is 22.1. The van der Waals surface area contributed by atoms with Gasteiger partial charge in [-0.15, -0.1) is 0 Å². The van der Waals surface area contributed by atoms with E-state index < -0.39 is 11.6 Å². The lowest BCUT2D eigenvalue weighted by Crippen LogP contribution is -2.62. The highest BCUT2D eigenvalue weighted by atomic mass is 35.5. The highest BCUT2D eigenvalue weighted by molar-refractivity contribution is 6.30. The third kappa shape index (κ3) is 4.94. The van der Waals surface area contributed by atoms with Crippen LogP contribution in [0.15, 0.2) is 24.3 Å². The molecule has 3 aliphatic rings. The standard InChI is InChI=1S/C27H38ClN3O4/c1-5-18(2)35-25(34)30(4)27(17-29-16-22(27)19-6-8-21(28)9-7-19)23(32)20-10-14-31(15-11-20)24(33)26(3)12-13-26/h6-9,18,20,22,29H,5,10-17H2,1-4H3/t18?,22-,27+/m0/s1. The number of piperidine rings is 1. The maximum absolute atomic E-state index is 14.3. The highest BCUT2D eigenvalue weighted by Gasteiger charge is 2.57. The van der Waals surface area contributed by atoms with Crippen LogP contribution < -0.4 is 5.32 Å². The number of rotatable bonds is 7. The molecule has 4 rings (SSSR count). The summed E-state index contributed by atoms with van der Waals surface area (Å²) in [5, 5.41) is 4.01. The van der Waals surface area contributed by atoms with Crippen molar-refractivity contribution >= 4 is 29.4 Å². The Bertz CT molecular complexity index is 956. The number of Topliss-reactive ketones (excluding diaryl/α,β-unsaturated/α-hetero) is 1. The normalized spacial score (nSPS) is 26.8. The van der Waals surface area contributed by atoms with Gasteiger partial charge in [0.05, 0.1) is 0 Å². The van der Waals surface area contributed by atoms with E-state index >= 15 is 0 Å². The lowest BCUT2D eigenvalue weighted by molar-refractivity contribution is -0.142. The molecule has 3 atom stereocenters. The quantitative estimate of drug-likeness (QED) is 0.602. The molecule has 3 fully saturated rings. The first-order valence-electron chi connectivity index (χ1n) is 12.9. The van der Waals surface area contributed by atoms with Crippen LogP contribution in [0.1, 0.15) is 64.4 Å². The van der Waals surface area contributed by atoms with E-state index in [-0.39, 0.29) is 35.0 Å². The van der Waals surface area contributed by atoms with Gasteiger partial charge in [-0.1, -0.05) is 37.6 Å². The molecule has 8 heteroatoms. The van der Waals surface area contributed by atoms with E-state index in [1.165, 1.54) is 4.90 Å². The molecule has 7 nitrogen and oxygen atoms in total. The second-order valence-corrected chi connectivity index (χ2v) is 11.2. The summed E-state index contributed by atoms with van der Waals surface area (Å²) in [6.45, 7) is 7.95. The lowest BCUT2D eigenvalue weighted by Gasteiger charge is -2.44. The molecule has 1 aliphatic carbocycles. The van der Waals surface area contributed by atoms with Gasteiger partial charge >= 0.3 is 6.09 Å². The fraction of sp³-hybridized carbons (Fsp3) is 0.667. The molecule has 192 valence electrons. The summed E-state index contributed by atoms with van der Waals surface area (Å²) in [6, 6.07) is 7.52. The van der Waals surface area contributed by atoms with Crippen molar-refractivity contribution in [3.05, 3.63) is 34.9 Å². The number of hydrogen-bond donors (Lipinski definition) is 1. The Kier molecular flexibility index (Phi) is 7.49. The number of likely N-dealkylation sites (N-methyl/N-ethyl adjacent to an activating group) is 1. The molecule has 1 N–H and O–H groups in total. The summed E-state index contributed by atoms with van der Waals surface area (Å²) < 4.78 is 5.67. The van der Waals surface area contributed by atoms with Crippen LogP contribution in [-0.2, 0) is 14.3 Å². The van der Waals surface area contributed by atoms with E-state index in [0.29, 0.717) is 50.5 Å². The lowest BCUT2D eigenvalue weighted by atomic mass is 9.72. The molecule has 1 unspecified atom stereocenters.